The third-order valence-corrected chi connectivity index (χ3v) is 6.49. The summed E-state index contributed by atoms with van der Waals surface area (Å²) in [6.07, 6.45) is 0. The molecule has 32 heavy (non-hydrogen) atoms. The molecule has 0 spiro atoms. The molecule has 0 fully saturated rings. The van der Waals surface area contributed by atoms with E-state index in [0.29, 0.717) is 16.7 Å². The van der Waals surface area contributed by atoms with Gasteiger partial charge in [0.05, 0.1) is 6.04 Å². The van der Waals surface area contributed by atoms with Gasteiger partial charge in [0, 0.05) is 11.3 Å². The lowest BCUT2D eigenvalue weighted by atomic mass is 10.0. The SMILES string of the molecule is Cc1ccc([C@H]2Nn3c(nnc3-c3ccccc3)S[C@@H]2C(=O)Nc2ccc(F)cc2)cc1. The van der Waals surface area contributed by atoms with Crippen LogP contribution in [0.5, 0.6) is 0 Å². The largest absolute Gasteiger partial charge is 0.325 e. The molecule has 0 saturated heterocycles. The lowest BCUT2D eigenvalue weighted by molar-refractivity contribution is -0.116. The maximum atomic E-state index is 13.3. The number of halogens is 1. The second-order valence-corrected chi connectivity index (χ2v) is 8.67. The first-order valence-corrected chi connectivity index (χ1v) is 11.0. The summed E-state index contributed by atoms with van der Waals surface area (Å²) in [5, 5.41) is 11.7. The Morgan fingerprint density at radius 2 is 1.72 bits per heavy atom. The summed E-state index contributed by atoms with van der Waals surface area (Å²) in [4.78, 5) is 13.3. The van der Waals surface area contributed by atoms with Gasteiger partial charge in [-0.1, -0.05) is 71.9 Å². The van der Waals surface area contributed by atoms with Gasteiger partial charge in [-0.15, -0.1) is 10.2 Å². The lowest BCUT2D eigenvalue weighted by Gasteiger charge is -2.33. The Morgan fingerprint density at radius 1 is 1.00 bits per heavy atom. The number of carbonyl (C=O) groups excluding carboxylic acids is 1. The second kappa shape index (κ2) is 8.47. The highest BCUT2D eigenvalue weighted by Crippen LogP contribution is 2.39. The summed E-state index contributed by atoms with van der Waals surface area (Å²) < 4.78 is 15.1. The predicted molar refractivity (Wildman–Crippen MR) is 123 cm³/mol. The molecule has 1 aromatic heterocycles. The van der Waals surface area contributed by atoms with Crippen LogP contribution in [0.3, 0.4) is 0 Å². The third-order valence-electron chi connectivity index (χ3n) is 5.28. The van der Waals surface area contributed by atoms with Gasteiger partial charge < -0.3 is 10.7 Å². The van der Waals surface area contributed by atoms with Crippen LogP contribution >= 0.6 is 11.8 Å². The minimum absolute atomic E-state index is 0.199. The Bertz CT molecular complexity index is 1240. The molecule has 3 aromatic carbocycles. The molecule has 0 saturated carbocycles. The van der Waals surface area contributed by atoms with Crippen LogP contribution < -0.4 is 10.7 Å². The van der Waals surface area contributed by atoms with Crippen molar-refractivity contribution in [1.29, 1.82) is 0 Å². The van der Waals surface area contributed by atoms with Gasteiger partial charge >= 0.3 is 0 Å². The number of benzene rings is 3. The lowest BCUT2D eigenvalue weighted by Crippen LogP contribution is -2.41. The van der Waals surface area contributed by atoms with Crippen LogP contribution in [0.1, 0.15) is 17.2 Å². The molecule has 0 radical (unpaired) electrons. The van der Waals surface area contributed by atoms with Crippen molar-refractivity contribution < 1.29 is 9.18 Å². The molecule has 160 valence electrons. The number of anilines is 1. The molecule has 4 aromatic rings. The van der Waals surface area contributed by atoms with Crippen molar-refractivity contribution in [2.75, 3.05) is 10.7 Å². The van der Waals surface area contributed by atoms with E-state index in [4.69, 9.17) is 0 Å². The Labute approximate surface area is 188 Å². The Morgan fingerprint density at radius 3 is 2.44 bits per heavy atom. The van der Waals surface area contributed by atoms with E-state index in [1.807, 2.05) is 66.2 Å². The van der Waals surface area contributed by atoms with Crippen LogP contribution in [0.15, 0.2) is 84.0 Å². The van der Waals surface area contributed by atoms with E-state index in [2.05, 4.69) is 20.9 Å². The summed E-state index contributed by atoms with van der Waals surface area (Å²) in [6, 6.07) is 23.3. The van der Waals surface area contributed by atoms with Gasteiger partial charge in [-0.3, -0.25) is 4.79 Å². The summed E-state index contributed by atoms with van der Waals surface area (Å²) >= 11 is 1.35. The molecule has 8 heteroatoms. The highest BCUT2D eigenvalue weighted by atomic mass is 32.2. The number of amides is 1. The van der Waals surface area contributed by atoms with Crippen LogP contribution in [0.2, 0.25) is 0 Å². The van der Waals surface area contributed by atoms with E-state index in [0.717, 1.165) is 16.7 Å². The van der Waals surface area contributed by atoms with Crippen molar-refractivity contribution in [2.24, 2.45) is 0 Å². The standard InChI is InChI=1S/C24H20FN5OS/c1-15-7-9-16(10-8-15)20-21(23(31)26-19-13-11-18(25)12-14-19)32-24-28-27-22(30(24)29-20)17-5-3-2-4-6-17/h2-14,20-21,29H,1H3,(H,26,31)/t20-,21+/m1/s1. The van der Waals surface area contributed by atoms with Gasteiger partial charge in [-0.2, -0.15) is 0 Å². The predicted octanol–water partition coefficient (Wildman–Crippen LogP) is 4.79. The molecule has 0 aliphatic carbocycles. The number of hydrogen-bond acceptors (Lipinski definition) is 5. The number of nitrogens with one attached hydrogen (secondary N) is 2. The van der Waals surface area contributed by atoms with Crippen LogP contribution in [0, 0.1) is 12.7 Å². The minimum Gasteiger partial charge on any atom is -0.325 e. The number of fused-ring (bicyclic) bond motifs is 1. The first-order valence-electron chi connectivity index (χ1n) is 10.2. The Kier molecular flexibility index (Phi) is 5.36. The van der Waals surface area contributed by atoms with Crippen LogP contribution in [0.25, 0.3) is 11.4 Å². The topological polar surface area (TPSA) is 71.8 Å². The molecule has 5 rings (SSSR count). The monoisotopic (exact) mass is 445 g/mol. The van der Waals surface area contributed by atoms with Gasteiger partial charge in [0.1, 0.15) is 11.1 Å². The summed E-state index contributed by atoms with van der Waals surface area (Å²) in [6.45, 7) is 2.02. The highest BCUT2D eigenvalue weighted by Gasteiger charge is 2.38. The first kappa shape index (κ1) is 20.3. The molecule has 2 heterocycles. The quantitative estimate of drug-likeness (QED) is 0.473. The van der Waals surface area contributed by atoms with Gasteiger partial charge in [-0.25, -0.2) is 9.07 Å². The fourth-order valence-corrected chi connectivity index (χ4v) is 4.68. The average molecular weight is 446 g/mol. The van der Waals surface area contributed by atoms with Crippen molar-refractivity contribution in [3.63, 3.8) is 0 Å². The zero-order valence-electron chi connectivity index (χ0n) is 17.2. The summed E-state index contributed by atoms with van der Waals surface area (Å²) in [5.41, 5.74) is 7.03. The molecule has 0 unspecified atom stereocenters. The van der Waals surface area contributed by atoms with Gasteiger partial charge in [0.25, 0.3) is 0 Å². The molecular weight excluding hydrogens is 425 g/mol. The van der Waals surface area contributed by atoms with E-state index in [1.165, 1.54) is 23.9 Å². The molecule has 1 amide bonds. The number of rotatable bonds is 4. The number of aromatic nitrogens is 3. The zero-order valence-corrected chi connectivity index (χ0v) is 18.0. The fourth-order valence-electron chi connectivity index (χ4n) is 3.60. The highest BCUT2D eigenvalue weighted by molar-refractivity contribution is 8.00. The molecular formula is C24H20FN5OS. The fraction of sp³-hybridized carbons (Fsp3) is 0.125. The molecule has 2 N–H and O–H groups in total. The van der Waals surface area contributed by atoms with Gasteiger partial charge in [-0.05, 0) is 36.8 Å². The average Bonchev–Trinajstić information content (AvgIpc) is 3.24. The Balaban J connectivity index is 1.50. The summed E-state index contributed by atoms with van der Waals surface area (Å²) in [5.74, 6) is 0.133. The van der Waals surface area contributed by atoms with Crippen molar-refractivity contribution in [3.05, 3.63) is 95.8 Å². The zero-order chi connectivity index (χ0) is 22.1. The third kappa shape index (κ3) is 3.97. The maximum absolute atomic E-state index is 13.3. The van der Waals surface area contributed by atoms with Crippen molar-refractivity contribution in [2.45, 2.75) is 23.4 Å². The van der Waals surface area contributed by atoms with Crippen LogP contribution in [-0.4, -0.2) is 26.0 Å². The molecule has 6 nitrogen and oxygen atoms in total. The second-order valence-electron chi connectivity index (χ2n) is 7.56. The van der Waals surface area contributed by atoms with E-state index >= 15 is 0 Å². The Hall–Kier alpha value is -3.65. The number of carbonyl (C=O) groups is 1. The molecule has 1 aliphatic rings. The van der Waals surface area contributed by atoms with Crippen molar-refractivity contribution >= 4 is 23.4 Å². The van der Waals surface area contributed by atoms with Crippen LogP contribution in [0.4, 0.5) is 10.1 Å². The van der Waals surface area contributed by atoms with E-state index in [9.17, 15) is 9.18 Å². The molecule has 1 aliphatic heterocycles. The van der Waals surface area contributed by atoms with Crippen molar-refractivity contribution in [3.8, 4) is 11.4 Å². The number of thioether (sulfide) groups is 1. The van der Waals surface area contributed by atoms with Gasteiger partial charge in [0.15, 0.2) is 5.82 Å². The molecule has 2 atom stereocenters. The minimum atomic E-state index is -0.511. The number of nitrogens with zero attached hydrogens (tertiary/aromatic N) is 3. The summed E-state index contributed by atoms with van der Waals surface area (Å²) in [7, 11) is 0. The van der Waals surface area contributed by atoms with E-state index < -0.39 is 5.25 Å². The van der Waals surface area contributed by atoms with Gasteiger partial charge in [0.2, 0.25) is 11.1 Å². The van der Waals surface area contributed by atoms with E-state index in [-0.39, 0.29) is 17.8 Å². The van der Waals surface area contributed by atoms with Crippen molar-refractivity contribution in [1.82, 2.24) is 14.9 Å². The van der Waals surface area contributed by atoms with E-state index in [1.54, 1.807) is 12.1 Å². The number of hydrogen-bond donors (Lipinski definition) is 2. The maximum Gasteiger partial charge on any atom is 0.240 e. The first-order chi connectivity index (χ1) is 15.6. The molecule has 0 bridgehead atoms. The van der Waals surface area contributed by atoms with Crippen LogP contribution in [-0.2, 0) is 4.79 Å². The smallest absolute Gasteiger partial charge is 0.240 e. The normalized spacial score (nSPS) is 17.3. The number of aryl methyl sites for hydroxylation is 1.